The molecule has 3 heteroatoms. The minimum absolute atomic E-state index is 0.232. The first kappa shape index (κ1) is 17.9. The van der Waals surface area contributed by atoms with Crippen molar-refractivity contribution in [2.45, 2.75) is 54.1 Å². The van der Waals surface area contributed by atoms with Crippen LogP contribution in [0.2, 0.25) is 0 Å². The zero-order valence-corrected chi connectivity index (χ0v) is 13.5. The molecule has 0 fully saturated rings. The Morgan fingerprint density at radius 3 is 2.06 bits per heavy atom. The number of nitrogens with zero attached hydrogens (tertiary/aromatic N) is 1. The molecule has 0 saturated carbocycles. The number of hydrogen-bond donors (Lipinski definition) is 2. The van der Waals surface area contributed by atoms with Gasteiger partial charge in [0.1, 0.15) is 0 Å². The Labute approximate surface area is 114 Å². The highest BCUT2D eigenvalue weighted by Gasteiger charge is 2.24. The molecule has 0 aliphatic heterocycles. The molecule has 0 aromatic heterocycles. The van der Waals surface area contributed by atoms with Crippen LogP contribution in [0.15, 0.2) is 0 Å². The van der Waals surface area contributed by atoms with Crippen molar-refractivity contribution in [3.8, 4) is 0 Å². The molecule has 0 aliphatic carbocycles. The van der Waals surface area contributed by atoms with Crippen molar-refractivity contribution in [1.29, 1.82) is 0 Å². The molecule has 0 aromatic carbocycles. The van der Waals surface area contributed by atoms with E-state index in [1.54, 1.807) is 0 Å². The van der Waals surface area contributed by atoms with Crippen molar-refractivity contribution < 1.29 is 5.11 Å². The van der Waals surface area contributed by atoms with E-state index in [4.69, 9.17) is 0 Å². The Morgan fingerprint density at radius 2 is 1.67 bits per heavy atom. The van der Waals surface area contributed by atoms with Crippen molar-refractivity contribution in [3.05, 3.63) is 0 Å². The molecule has 0 heterocycles. The van der Waals surface area contributed by atoms with Crippen LogP contribution >= 0.6 is 0 Å². The fourth-order valence-corrected chi connectivity index (χ4v) is 2.19. The molecular formula is C15H34N2O. The fraction of sp³-hybridized carbons (Fsp3) is 1.00. The average Bonchev–Trinajstić information content (AvgIpc) is 2.12. The zero-order chi connectivity index (χ0) is 14.4. The third-order valence-electron chi connectivity index (χ3n) is 2.87. The van der Waals surface area contributed by atoms with Gasteiger partial charge in [0.05, 0.1) is 5.60 Å². The molecule has 18 heavy (non-hydrogen) atoms. The summed E-state index contributed by atoms with van der Waals surface area (Å²) in [6.45, 7) is 19.8. The van der Waals surface area contributed by atoms with Gasteiger partial charge in [0.15, 0.2) is 0 Å². The highest BCUT2D eigenvalue weighted by molar-refractivity contribution is 4.79. The van der Waals surface area contributed by atoms with E-state index < -0.39 is 5.60 Å². The summed E-state index contributed by atoms with van der Waals surface area (Å²) in [7, 11) is 0. The molecule has 0 aliphatic rings. The molecule has 0 saturated heterocycles. The number of likely N-dealkylation sites (N-methyl/N-ethyl adjacent to an activating group) is 1. The predicted octanol–water partition coefficient (Wildman–Crippen LogP) is 2.35. The van der Waals surface area contributed by atoms with Crippen LogP contribution in [0, 0.1) is 11.3 Å². The Balaban J connectivity index is 4.17. The molecule has 2 N–H and O–H groups in total. The largest absolute Gasteiger partial charge is 0.389 e. The Morgan fingerprint density at radius 1 is 1.11 bits per heavy atom. The molecule has 0 rings (SSSR count). The lowest BCUT2D eigenvalue weighted by Crippen LogP contribution is -2.46. The van der Waals surface area contributed by atoms with Crippen LogP contribution < -0.4 is 5.32 Å². The van der Waals surface area contributed by atoms with Crippen molar-refractivity contribution in [1.82, 2.24) is 10.2 Å². The van der Waals surface area contributed by atoms with Gasteiger partial charge in [-0.05, 0) is 38.3 Å². The van der Waals surface area contributed by atoms with Crippen LogP contribution in [0.4, 0.5) is 0 Å². The smallest absolute Gasteiger partial charge is 0.0718 e. The van der Waals surface area contributed by atoms with Gasteiger partial charge in [0, 0.05) is 19.6 Å². The van der Waals surface area contributed by atoms with E-state index in [0.717, 1.165) is 32.7 Å². The molecule has 110 valence electrons. The van der Waals surface area contributed by atoms with Crippen molar-refractivity contribution in [2.24, 2.45) is 11.3 Å². The minimum Gasteiger partial charge on any atom is -0.389 e. The van der Waals surface area contributed by atoms with E-state index in [-0.39, 0.29) is 5.41 Å². The quantitative estimate of drug-likeness (QED) is 0.666. The van der Waals surface area contributed by atoms with Crippen LogP contribution in [-0.2, 0) is 0 Å². The second-order valence-corrected chi connectivity index (χ2v) is 7.30. The number of hydrogen-bond acceptors (Lipinski definition) is 3. The predicted molar refractivity (Wildman–Crippen MR) is 79.9 cm³/mol. The summed E-state index contributed by atoms with van der Waals surface area (Å²) in [5.41, 5.74) is -0.381. The Kier molecular flexibility index (Phi) is 7.41. The molecule has 0 aromatic rings. The number of rotatable bonds is 9. The Bertz CT molecular complexity index is 219. The van der Waals surface area contributed by atoms with Crippen LogP contribution in [0.1, 0.15) is 48.5 Å². The maximum atomic E-state index is 9.91. The van der Waals surface area contributed by atoms with Gasteiger partial charge in [0.25, 0.3) is 0 Å². The van der Waals surface area contributed by atoms with Crippen LogP contribution in [0.25, 0.3) is 0 Å². The van der Waals surface area contributed by atoms with Gasteiger partial charge < -0.3 is 15.3 Å². The topological polar surface area (TPSA) is 35.5 Å². The lowest BCUT2D eigenvalue weighted by molar-refractivity contribution is 0.0259. The monoisotopic (exact) mass is 258 g/mol. The molecule has 0 unspecified atom stereocenters. The van der Waals surface area contributed by atoms with Crippen LogP contribution in [0.3, 0.4) is 0 Å². The minimum atomic E-state index is -0.614. The van der Waals surface area contributed by atoms with Gasteiger partial charge in [0.2, 0.25) is 0 Å². The molecule has 0 amide bonds. The van der Waals surface area contributed by atoms with Crippen molar-refractivity contribution in [2.75, 3.05) is 32.7 Å². The Hall–Kier alpha value is -0.120. The standard InChI is InChI=1S/C15H34N2O/c1-8-17(12-15(6,7)18)11-14(4,5)10-16-9-13(2)3/h13,16,18H,8-12H2,1-7H3. The molecule has 0 bridgehead atoms. The van der Waals surface area contributed by atoms with Crippen molar-refractivity contribution >= 4 is 0 Å². The SMILES string of the molecule is CCN(CC(C)(C)O)CC(C)(C)CNCC(C)C. The fourth-order valence-electron chi connectivity index (χ4n) is 2.19. The van der Waals surface area contributed by atoms with Crippen LogP contribution in [0.5, 0.6) is 0 Å². The summed E-state index contributed by atoms with van der Waals surface area (Å²) < 4.78 is 0. The highest BCUT2D eigenvalue weighted by atomic mass is 16.3. The lowest BCUT2D eigenvalue weighted by Gasteiger charge is -2.35. The summed E-state index contributed by atoms with van der Waals surface area (Å²) in [6, 6.07) is 0. The normalized spacial score (nSPS) is 13.7. The summed E-state index contributed by atoms with van der Waals surface area (Å²) >= 11 is 0. The highest BCUT2D eigenvalue weighted by Crippen LogP contribution is 2.17. The first-order valence-electron chi connectivity index (χ1n) is 7.21. The van der Waals surface area contributed by atoms with Crippen LogP contribution in [-0.4, -0.2) is 48.3 Å². The lowest BCUT2D eigenvalue weighted by atomic mass is 9.92. The van der Waals surface area contributed by atoms with Crippen molar-refractivity contribution in [3.63, 3.8) is 0 Å². The third kappa shape index (κ3) is 9.86. The number of nitrogens with one attached hydrogen (secondary N) is 1. The van der Waals surface area contributed by atoms with E-state index >= 15 is 0 Å². The van der Waals surface area contributed by atoms with E-state index in [0.29, 0.717) is 5.92 Å². The summed E-state index contributed by atoms with van der Waals surface area (Å²) in [4.78, 5) is 2.33. The van der Waals surface area contributed by atoms with E-state index in [1.165, 1.54) is 0 Å². The number of aliphatic hydroxyl groups is 1. The molecule has 3 nitrogen and oxygen atoms in total. The van der Waals surface area contributed by atoms with E-state index in [9.17, 15) is 5.11 Å². The molecular weight excluding hydrogens is 224 g/mol. The van der Waals surface area contributed by atoms with Gasteiger partial charge >= 0.3 is 0 Å². The summed E-state index contributed by atoms with van der Waals surface area (Å²) in [5, 5.41) is 13.4. The second-order valence-electron chi connectivity index (χ2n) is 7.30. The van der Waals surface area contributed by atoms with Gasteiger partial charge in [-0.2, -0.15) is 0 Å². The molecule has 0 atom stereocenters. The average molecular weight is 258 g/mol. The van der Waals surface area contributed by atoms with E-state index in [1.807, 2.05) is 13.8 Å². The third-order valence-corrected chi connectivity index (χ3v) is 2.87. The van der Waals surface area contributed by atoms with Gasteiger partial charge in [-0.3, -0.25) is 0 Å². The molecule has 0 spiro atoms. The van der Waals surface area contributed by atoms with Gasteiger partial charge in [-0.15, -0.1) is 0 Å². The van der Waals surface area contributed by atoms with Gasteiger partial charge in [-0.1, -0.05) is 34.6 Å². The van der Waals surface area contributed by atoms with E-state index in [2.05, 4.69) is 44.8 Å². The van der Waals surface area contributed by atoms with Gasteiger partial charge in [-0.25, -0.2) is 0 Å². The molecule has 0 radical (unpaired) electrons. The second kappa shape index (κ2) is 7.46. The summed E-state index contributed by atoms with van der Waals surface area (Å²) in [5.74, 6) is 0.694. The first-order valence-corrected chi connectivity index (χ1v) is 7.21. The maximum Gasteiger partial charge on any atom is 0.0718 e. The summed E-state index contributed by atoms with van der Waals surface area (Å²) in [6.07, 6.45) is 0. The maximum absolute atomic E-state index is 9.91. The zero-order valence-electron chi connectivity index (χ0n) is 13.5. The first-order chi connectivity index (χ1) is 8.06.